The molecule has 0 aromatic heterocycles. The Labute approximate surface area is 98.9 Å². The van der Waals surface area contributed by atoms with Crippen molar-refractivity contribution in [3.8, 4) is 0 Å². The first-order valence-electron chi connectivity index (χ1n) is 6.12. The van der Waals surface area contributed by atoms with Gasteiger partial charge in [-0.05, 0) is 12.8 Å². The van der Waals surface area contributed by atoms with Crippen molar-refractivity contribution in [1.82, 2.24) is 0 Å². The highest BCUT2D eigenvalue weighted by Gasteiger charge is 2.17. The van der Waals surface area contributed by atoms with E-state index < -0.39 is 0 Å². The summed E-state index contributed by atoms with van der Waals surface area (Å²) in [6, 6.07) is 0. The Morgan fingerprint density at radius 3 is 2.31 bits per heavy atom. The first-order chi connectivity index (χ1) is 7.76. The molecule has 0 fully saturated rings. The van der Waals surface area contributed by atoms with Crippen LogP contribution in [0.5, 0.6) is 0 Å². The van der Waals surface area contributed by atoms with E-state index in [-0.39, 0.29) is 19.0 Å². The molecule has 0 aromatic carbocycles. The molecule has 4 nitrogen and oxygen atoms in total. The van der Waals surface area contributed by atoms with Gasteiger partial charge < -0.3 is 19.3 Å². The normalized spacial score (nSPS) is 15.0. The van der Waals surface area contributed by atoms with E-state index in [1.807, 2.05) is 0 Å². The summed E-state index contributed by atoms with van der Waals surface area (Å²) in [5.74, 6) is 0. The first-order valence-corrected chi connectivity index (χ1v) is 6.12. The summed E-state index contributed by atoms with van der Waals surface area (Å²) in [4.78, 5) is 0. The first kappa shape index (κ1) is 15.8. The van der Waals surface area contributed by atoms with Crippen molar-refractivity contribution in [2.24, 2.45) is 0 Å². The van der Waals surface area contributed by atoms with E-state index in [1.54, 1.807) is 7.11 Å². The minimum Gasteiger partial charge on any atom is -0.390 e. The summed E-state index contributed by atoms with van der Waals surface area (Å²) in [5.41, 5.74) is 0. The quantitative estimate of drug-likeness (QED) is 0.438. The lowest BCUT2D eigenvalue weighted by atomic mass is 10.0. The topological polar surface area (TPSA) is 47.9 Å². The lowest BCUT2D eigenvalue weighted by Crippen LogP contribution is -2.30. The monoisotopic (exact) mass is 234 g/mol. The van der Waals surface area contributed by atoms with Gasteiger partial charge in [0.2, 0.25) is 0 Å². The van der Waals surface area contributed by atoms with Crippen LogP contribution in [0.2, 0.25) is 0 Å². The van der Waals surface area contributed by atoms with Gasteiger partial charge in [0.1, 0.15) is 6.79 Å². The highest BCUT2D eigenvalue weighted by molar-refractivity contribution is 4.67. The van der Waals surface area contributed by atoms with Gasteiger partial charge in [-0.3, -0.25) is 0 Å². The van der Waals surface area contributed by atoms with Crippen molar-refractivity contribution in [2.75, 3.05) is 27.1 Å². The second kappa shape index (κ2) is 11.3. The van der Waals surface area contributed by atoms with E-state index in [4.69, 9.17) is 14.2 Å². The standard InChI is InChI=1S/C12H26O4/c1-4-6-11(13)12(7-5-2)16-10-15-9-8-14-3/h11-13H,4-10H2,1-3H3/t11-,12+/m1/s1. The van der Waals surface area contributed by atoms with Gasteiger partial charge in [0.05, 0.1) is 25.4 Å². The minimum absolute atomic E-state index is 0.104. The van der Waals surface area contributed by atoms with Gasteiger partial charge in [0.25, 0.3) is 0 Å². The number of ether oxygens (including phenoxy) is 3. The predicted molar refractivity (Wildman–Crippen MR) is 63.4 cm³/mol. The lowest BCUT2D eigenvalue weighted by Gasteiger charge is -2.22. The zero-order valence-corrected chi connectivity index (χ0v) is 10.8. The molecule has 0 aromatic rings. The van der Waals surface area contributed by atoms with Crippen molar-refractivity contribution in [3.05, 3.63) is 0 Å². The fourth-order valence-electron chi connectivity index (χ4n) is 1.49. The molecule has 0 saturated carbocycles. The van der Waals surface area contributed by atoms with Crippen molar-refractivity contribution < 1.29 is 19.3 Å². The molecule has 0 radical (unpaired) electrons. The van der Waals surface area contributed by atoms with Gasteiger partial charge in [-0.15, -0.1) is 0 Å². The van der Waals surface area contributed by atoms with Crippen molar-refractivity contribution in [3.63, 3.8) is 0 Å². The van der Waals surface area contributed by atoms with Crippen LogP contribution in [0.1, 0.15) is 39.5 Å². The molecule has 0 aliphatic heterocycles. The summed E-state index contributed by atoms with van der Waals surface area (Å²) in [6.45, 7) is 5.47. The molecule has 0 rings (SSSR count). The molecular formula is C12H26O4. The van der Waals surface area contributed by atoms with Crippen LogP contribution in [-0.2, 0) is 14.2 Å². The Balaban J connectivity index is 3.66. The van der Waals surface area contributed by atoms with Crippen LogP contribution in [0.25, 0.3) is 0 Å². The Kier molecular flexibility index (Phi) is 11.2. The molecule has 2 atom stereocenters. The van der Waals surface area contributed by atoms with E-state index >= 15 is 0 Å². The molecule has 4 heteroatoms. The largest absolute Gasteiger partial charge is 0.390 e. The smallest absolute Gasteiger partial charge is 0.147 e. The molecule has 0 aliphatic carbocycles. The second-order valence-corrected chi connectivity index (χ2v) is 3.87. The van der Waals surface area contributed by atoms with Gasteiger partial charge in [-0.2, -0.15) is 0 Å². The number of aliphatic hydroxyl groups is 1. The molecule has 0 aliphatic rings. The van der Waals surface area contributed by atoms with Crippen LogP contribution in [0.3, 0.4) is 0 Å². The zero-order valence-electron chi connectivity index (χ0n) is 10.8. The highest BCUT2D eigenvalue weighted by Crippen LogP contribution is 2.12. The minimum atomic E-state index is -0.379. The number of hydrogen-bond acceptors (Lipinski definition) is 4. The SMILES string of the molecule is CCC[C@@H](O)[C@H](CCC)OCOCCOC. The van der Waals surface area contributed by atoms with Gasteiger partial charge in [-0.1, -0.05) is 26.7 Å². The van der Waals surface area contributed by atoms with E-state index in [0.29, 0.717) is 13.2 Å². The van der Waals surface area contributed by atoms with E-state index in [1.165, 1.54) is 0 Å². The molecule has 0 spiro atoms. The predicted octanol–water partition coefficient (Wildman–Crippen LogP) is 1.95. The van der Waals surface area contributed by atoms with Crippen LogP contribution in [-0.4, -0.2) is 44.4 Å². The summed E-state index contributed by atoms with van der Waals surface area (Å²) >= 11 is 0. The average Bonchev–Trinajstić information content (AvgIpc) is 2.27. The summed E-state index contributed by atoms with van der Waals surface area (Å²) < 4.78 is 15.6. The maximum atomic E-state index is 9.84. The number of hydrogen-bond donors (Lipinski definition) is 1. The van der Waals surface area contributed by atoms with Gasteiger partial charge in [0, 0.05) is 7.11 Å². The van der Waals surface area contributed by atoms with Crippen LogP contribution < -0.4 is 0 Å². The second-order valence-electron chi connectivity index (χ2n) is 3.87. The molecular weight excluding hydrogens is 208 g/mol. The average molecular weight is 234 g/mol. The lowest BCUT2D eigenvalue weighted by molar-refractivity contribution is -0.132. The molecule has 16 heavy (non-hydrogen) atoms. The molecule has 0 saturated heterocycles. The fraction of sp³-hybridized carbons (Fsp3) is 1.00. The molecule has 0 unspecified atom stereocenters. The highest BCUT2D eigenvalue weighted by atomic mass is 16.7. The van der Waals surface area contributed by atoms with Crippen LogP contribution in [0.15, 0.2) is 0 Å². The molecule has 98 valence electrons. The maximum absolute atomic E-state index is 9.84. The molecule has 0 bridgehead atoms. The van der Waals surface area contributed by atoms with Crippen LogP contribution >= 0.6 is 0 Å². The van der Waals surface area contributed by atoms with E-state index in [9.17, 15) is 5.11 Å². The van der Waals surface area contributed by atoms with E-state index in [0.717, 1.165) is 25.7 Å². The number of methoxy groups -OCH3 is 1. The summed E-state index contributed by atoms with van der Waals surface area (Å²) in [7, 11) is 1.63. The maximum Gasteiger partial charge on any atom is 0.147 e. The van der Waals surface area contributed by atoms with Gasteiger partial charge >= 0.3 is 0 Å². The van der Waals surface area contributed by atoms with E-state index in [2.05, 4.69) is 13.8 Å². The Morgan fingerprint density at radius 2 is 1.75 bits per heavy atom. The Bertz CT molecular complexity index is 141. The van der Waals surface area contributed by atoms with Crippen molar-refractivity contribution >= 4 is 0 Å². The molecule has 1 N–H and O–H groups in total. The third-order valence-corrected chi connectivity index (χ3v) is 2.38. The summed E-state index contributed by atoms with van der Waals surface area (Å²) in [6.07, 6.45) is 3.14. The number of rotatable bonds is 11. The van der Waals surface area contributed by atoms with Crippen LogP contribution in [0.4, 0.5) is 0 Å². The summed E-state index contributed by atoms with van der Waals surface area (Å²) in [5, 5.41) is 9.84. The van der Waals surface area contributed by atoms with Crippen LogP contribution in [0, 0.1) is 0 Å². The van der Waals surface area contributed by atoms with Crippen molar-refractivity contribution in [2.45, 2.75) is 51.7 Å². The third-order valence-electron chi connectivity index (χ3n) is 2.38. The fourth-order valence-corrected chi connectivity index (χ4v) is 1.49. The van der Waals surface area contributed by atoms with Gasteiger partial charge in [-0.25, -0.2) is 0 Å². The molecule has 0 heterocycles. The van der Waals surface area contributed by atoms with Crippen molar-refractivity contribution in [1.29, 1.82) is 0 Å². The Hall–Kier alpha value is -0.160. The third kappa shape index (κ3) is 8.05. The Morgan fingerprint density at radius 1 is 1.06 bits per heavy atom. The van der Waals surface area contributed by atoms with Gasteiger partial charge in [0.15, 0.2) is 0 Å². The number of aliphatic hydroxyl groups excluding tert-OH is 1. The molecule has 0 amide bonds. The zero-order chi connectivity index (χ0) is 12.2.